The van der Waals surface area contributed by atoms with Crippen molar-refractivity contribution in [3.63, 3.8) is 0 Å². The quantitative estimate of drug-likeness (QED) is 0.852. The van der Waals surface area contributed by atoms with Crippen molar-refractivity contribution < 1.29 is 9.50 Å². The summed E-state index contributed by atoms with van der Waals surface area (Å²) in [6.45, 7) is 4.63. The number of rotatable bonds is 5. The Labute approximate surface area is 125 Å². The molecule has 4 nitrogen and oxygen atoms in total. The summed E-state index contributed by atoms with van der Waals surface area (Å²) in [6.07, 6.45) is 2.20. The first-order chi connectivity index (χ1) is 10.1. The van der Waals surface area contributed by atoms with Gasteiger partial charge in [-0.05, 0) is 43.0 Å². The molecule has 2 fully saturated rings. The van der Waals surface area contributed by atoms with Gasteiger partial charge in [0.2, 0.25) is 0 Å². The van der Waals surface area contributed by atoms with Gasteiger partial charge in [0, 0.05) is 45.0 Å². The van der Waals surface area contributed by atoms with Gasteiger partial charge in [0.1, 0.15) is 5.82 Å². The average molecular weight is 293 g/mol. The number of anilines is 1. The molecule has 1 atom stereocenters. The van der Waals surface area contributed by atoms with E-state index in [1.54, 1.807) is 0 Å². The van der Waals surface area contributed by atoms with E-state index in [9.17, 15) is 9.50 Å². The summed E-state index contributed by atoms with van der Waals surface area (Å²) >= 11 is 0. The Morgan fingerprint density at radius 1 is 1.14 bits per heavy atom. The predicted octanol–water partition coefficient (Wildman–Crippen LogP) is 1.05. The maximum absolute atomic E-state index is 13.0. The predicted molar refractivity (Wildman–Crippen MR) is 81.8 cm³/mol. The lowest BCUT2D eigenvalue weighted by Crippen LogP contribution is -2.55. The first-order valence-electron chi connectivity index (χ1n) is 7.76. The second kappa shape index (κ2) is 5.91. The number of halogens is 1. The zero-order chi connectivity index (χ0) is 14.9. The fourth-order valence-corrected chi connectivity index (χ4v) is 3.18. The number of hydrogen-bond acceptors (Lipinski definition) is 4. The molecule has 1 aliphatic heterocycles. The molecule has 21 heavy (non-hydrogen) atoms. The lowest BCUT2D eigenvalue weighted by atomic mass is 9.97. The van der Waals surface area contributed by atoms with Crippen molar-refractivity contribution in [1.82, 2.24) is 4.90 Å². The van der Waals surface area contributed by atoms with E-state index in [2.05, 4.69) is 9.80 Å². The van der Waals surface area contributed by atoms with Crippen LogP contribution in [-0.2, 0) is 0 Å². The van der Waals surface area contributed by atoms with Gasteiger partial charge in [0.25, 0.3) is 0 Å². The van der Waals surface area contributed by atoms with E-state index < -0.39 is 5.60 Å². The molecule has 1 aromatic rings. The van der Waals surface area contributed by atoms with Gasteiger partial charge in [-0.2, -0.15) is 0 Å². The Morgan fingerprint density at radius 2 is 1.76 bits per heavy atom. The molecule has 2 aliphatic rings. The van der Waals surface area contributed by atoms with Gasteiger partial charge in [0.05, 0.1) is 5.60 Å². The molecule has 1 unspecified atom stereocenters. The molecule has 5 heteroatoms. The topological polar surface area (TPSA) is 52.7 Å². The summed E-state index contributed by atoms with van der Waals surface area (Å²) in [7, 11) is 0. The summed E-state index contributed by atoms with van der Waals surface area (Å²) in [6, 6.07) is 6.65. The average Bonchev–Trinajstić information content (AvgIpc) is 3.34. The zero-order valence-corrected chi connectivity index (χ0v) is 12.3. The van der Waals surface area contributed by atoms with Crippen molar-refractivity contribution in [3.8, 4) is 0 Å². The highest BCUT2D eigenvalue weighted by Gasteiger charge is 2.43. The molecule has 3 N–H and O–H groups in total. The molecule has 0 radical (unpaired) electrons. The molecular weight excluding hydrogens is 269 g/mol. The van der Waals surface area contributed by atoms with Gasteiger partial charge in [0.15, 0.2) is 0 Å². The monoisotopic (exact) mass is 293 g/mol. The lowest BCUT2D eigenvalue weighted by molar-refractivity contribution is -0.00941. The molecule has 1 aromatic carbocycles. The first-order valence-corrected chi connectivity index (χ1v) is 7.76. The van der Waals surface area contributed by atoms with E-state index in [0.717, 1.165) is 44.7 Å². The third-order valence-corrected chi connectivity index (χ3v) is 4.75. The Bertz CT molecular complexity index is 469. The van der Waals surface area contributed by atoms with Gasteiger partial charge < -0.3 is 15.7 Å². The fraction of sp³-hybridized carbons (Fsp3) is 0.625. The van der Waals surface area contributed by atoms with Crippen LogP contribution in [0.15, 0.2) is 24.3 Å². The van der Waals surface area contributed by atoms with Gasteiger partial charge in [-0.1, -0.05) is 0 Å². The van der Waals surface area contributed by atoms with E-state index in [1.165, 1.54) is 12.1 Å². The van der Waals surface area contributed by atoms with Crippen LogP contribution < -0.4 is 10.6 Å². The smallest absolute Gasteiger partial charge is 0.123 e. The Balaban J connectivity index is 1.54. The molecule has 3 rings (SSSR count). The molecule has 0 bridgehead atoms. The van der Waals surface area contributed by atoms with E-state index in [0.29, 0.717) is 19.0 Å². The van der Waals surface area contributed by atoms with Crippen molar-refractivity contribution in [2.45, 2.75) is 18.4 Å². The van der Waals surface area contributed by atoms with Crippen molar-refractivity contribution >= 4 is 5.69 Å². The lowest BCUT2D eigenvalue weighted by Gasteiger charge is -2.40. The number of piperazine rings is 1. The minimum Gasteiger partial charge on any atom is -0.387 e. The second-order valence-corrected chi connectivity index (χ2v) is 6.32. The molecule has 0 spiro atoms. The Hall–Kier alpha value is -1.17. The van der Waals surface area contributed by atoms with E-state index in [4.69, 9.17) is 5.73 Å². The van der Waals surface area contributed by atoms with E-state index >= 15 is 0 Å². The standard InChI is InChI=1S/C16H24FN3O/c17-14-3-5-15(6-4-14)20-9-7-19(8-10-20)12-16(21,11-18)13-1-2-13/h3-6,13,21H,1-2,7-12,18H2. The van der Waals surface area contributed by atoms with Gasteiger partial charge >= 0.3 is 0 Å². The van der Waals surface area contributed by atoms with Crippen molar-refractivity contribution in [2.75, 3.05) is 44.2 Å². The Kier molecular flexibility index (Phi) is 4.15. The van der Waals surface area contributed by atoms with Crippen LogP contribution in [0.1, 0.15) is 12.8 Å². The molecule has 0 amide bonds. The number of nitrogens with zero attached hydrogens (tertiary/aromatic N) is 2. The van der Waals surface area contributed by atoms with Crippen LogP contribution in [-0.4, -0.2) is 54.9 Å². The highest BCUT2D eigenvalue weighted by atomic mass is 19.1. The highest BCUT2D eigenvalue weighted by molar-refractivity contribution is 5.46. The number of β-amino-alcohol motifs (C(OH)–C–C–N with tert-alkyl or cyclic N) is 1. The normalized spacial score (nSPS) is 23.1. The molecule has 0 aromatic heterocycles. The summed E-state index contributed by atoms with van der Waals surface area (Å²) in [5.41, 5.74) is 6.13. The van der Waals surface area contributed by atoms with Crippen LogP contribution in [0.5, 0.6) is 0 Å². The minimum absolute atomic E-state index is 0.199. The number of hydrogen-bond donors (Lipinski definition) is 2. The molecule has 1 saturated heterocycles. The maximum atomic E-state index is 13.0. The molecular formula is C16H24FN3O. The summed E-state index contributed by atoms with van der Waals surface area (Å²) in [4.78, 5) is 4.56. The number of nitrogens with two attached hydrogens (primary N) is 1. The van der Waals surface area contributed by atoms with Gasteiger partial charge in [-0.15, -0.1) is 0 Å². The van der Waals surface area contributed by atoms with Crippen LogP contribution in [0, 0.1) is 11.7 Å². The van der Waals surface area contributed by atoms with Crippen molar-refractivity contribution in [1.29, 1.82) is 0 Å². The number of benzene rings is 1. The highest BCUT2D eigenvalue weighted by Crippen LogP contribution is 2.39. The maximum Gasteiger partial charge on any atom is 0.123 e. The third kappa shape index (κ3) is 3.36. The zero-order valence-electron chi connectivity index (χ0n) is 12.3. The Morgan fingerprint density at radius 3 is 2.29 bits per heavy atom. The fourth-order valence-electron chi connectivity index (χ4n) is 3.18. The van der Waals surface area contributed by atoms with E-state index in [1.807, 2.05) is 12.1 Å². The second-order valence-electron chi connectivity index (χ2n) is 6.32. The summed E-state index contributed by atoms with van der Waals surface area (Å²) in [5, 5.41) is 10.6. The third-order valence-electron chi connectivity index (χ3n) is 4.75. The van der Waals surface area contributed by atoms with Crippen LogP contribution in [0.4, 0.5) is 10.1 Å². The molecule has 116 valence electrons. The minimum atomic E-state index is -0.710. The molecule has 1 saturated carbocycles. The number of aliphatic hydroxyl groups is 1. The van der Waals surface area contributed by atoms with E-state index in [-0.39, 0.29) is 5.82 Å². The van der Waals surface area contributed by atoms with Crippen LogP contribution in [0.2, 0.25) is 0 Å². The van der Waals surface area contributed by atoms with Gasteiger partial charge in [-0.25, -0.2) is 4.39 Å². The first kappa shape index (κ1) is 14.8. The van der Waals surface area contributed by atoms with Crippen LogP contribution in [0.25, 0.3) is 0 Å². The van der Waals surface area contributed by atoms with Crippen molar-refractivity contribution in [2.24, 2.45) is 11.7 Å². The van der Waals surface area contributed by atoms with Crippen molar-refractivity contribution in [3.05, 3.63) is 30.1 Å². The summed E-state index contributed by atoms with van der Waals surface area (Å²) in [5.74, 6) is 0.187. The van der Waals surface area contributed by atoms with Crippen LogP contribution in [0.3, 0.4) is 0 Å². The van der Waals surface area contributed by atoms with Gasteiger partial charge in [-0.3, -0.25) is 4.90 Å². The molecule has 1 aliphatic carbocycles. The summed E-state index contributed by atoms with van der Waals surface area (Å²) < 4.78 is 13.0. The van der Waals surface area contributed by atoms with Crippen LogP contribution >= 0.6 is 0 Å². The molecule has 1 heterocycles. The largest absolute Gasteiger partial charge is 0.387 e. The SMILES string of the molecule is NCC(O)(CN1CCN(c2ccc(F)cc2)CC1)C1CC1.